The van der Waals surface area contributed by atoms with Crippen LogP contribution in [0.1, 0.15) is 12.0 Å². The van der Waals surface area contributed by atoms with Crippen LogP contribution in [0.4, 0.5) is 8.78 Å². The molecule has 0 unspecified atom stereocenters. The van der Waals surface area contributed by atoms with Crippen LogP contribution in [0.2, 0.25) is 5.02 Å². The highest BCUT2D eigenvalue weighted by Gasteiger charge is 2.07. The minimum Gasteiger partial charge on any atom is -0.494 e. The van der Waals surface area contributed by atoms with E-state index in [0.717, 1.165) is 0 Å². The van der Waals surface area contributed by atoms with Gasteiger partial charge in [0.2, 0.25) is 0 Å². The molecule has 2 rings (SSSR count). The standard InChI is InChI=1S/C16H15ClF2O2S/c17-16-10-14(19)3-2-12(16)11-22(20)9-1-8-21-15-6-4-13(18)5-7-15/h2-7,10H,1,8-9,11H2/t22-/m1/s1. The van der Waals surface area contributed by atoms with Gasteiger partial charge in [0.25, 0.3) is 0 Å². The maximum absolute atomic E-state index is 12.9. The van der Waals surface area contributed by atoms with Gasteiger partial charge in [0.1, 0.15) is 17.4 Å². The molecule has 0 heterocycles. The Morgan fingerprint density at radius 2 is 1.73 bits per heavy atom. The Hall–Kier alpha value is -1.46. The van der Waals surface area contributed by atoms with Gasteiger partial charge in [-0.15, -0.1) is 0 Å². The summed E-state index contributed by atoms with van der Waals surface area (Å²) in [6.07, 6.45) is 0.600. The molecule has 0 aromatic heterocycles. The van der Waals surface area contributed by atoms with Crippen molar-refractivity contribution >= 4 is 22.4 Å². The van der Waals surface area contributed by atoms with E-state index in [1.54, 1.807) is 18.2 Å². The molecule has 2 aromatic carbocycles. The quantitative estimate of drug-likeness (QED) is 0.698. The maximum Gasteiger partial charge on any atom is 0.124 e. The van der Waals surface area contributed by atoms with E-state index in [4.69, 9.17) is 16.3 Å². The van der Waals surface area contributed by atoms with Gasteiger partial charge < -0.3 is 4.74 Å². The SMILES string of the molecule is O=[S@](CCCOc1ccc(F)cc1)Cc1ccc(F)cc1Cl. The van der Waals surface area contributed by atoms with Gasteiger partial charge in [0.15, 0.2) is 0 Å². The first-order valence-electron chi connectivity index (χ1n) is 6.72. The van der Waals surface area contributed by atoms with Crippen molar-refractivity contribution in [3.63, 3.8) is 0 Å². The lowest BCUT2D eigenvalue weighted by molar-refractivity contribution is 0.318. The van der Waals surface area contributed by atoms with Crippen LogP contribution in [0.3, 0.4) is 0 Å². The van der Waals surface area contributed by atoms with Crippen molar-refractivity contribution in [1.82, 2.24) is 0 Å². The average molecular weight is 345 g/mol. The van der Waals surface area contributed by atoms with Gasteiger partial charge in [-0.3, -0.25) is 4.21 Å². The average Bonchev–Trinajstić information content (AvgIpc) is 2.48. The topological polar surface area (TPSA) is 26.3 Å². The van der Waals surface area contributed by atoms with Gasteiger partial charge in [-0.2, -0.15) is 0 Å². The van der Waals surface area contributed by atoms with Crippen LogP contribution in [0.5, 0.6) is 5.75 Å². The smallest absolute Gasteiger partial charge is 0.124 e. The summed E-state index contributed by atoms with van der Waals surface area (Å²) >= 11 is 5.90. The van der Waals surface area contributed by atoms with E-state index in [1.807, 2.05) is 0 Å². The Kier molecular flexibility index (Phi) is 6.34. The third-order valence-electron chi connectivity index (χ3n) is 2.93. The Balaban J connectivity index is 1.72. The van der Waals surface area contributed by atoms with Crippen molar-refractivity contribution in [2.24, 2.45) is 0 Å². The van der Waals surface area contributed by atoms with E-state index >= 15 is 0 Å². The van der Waals surface area contributed by atoms with Crippen molar-refractivity contribution in [1.29, 1.82) is 0 Å². The lowest BCUT2D eigenvalue weighted by Gasteiger charge is -2.07. The fourth-order valence-corrected chi connectivity index (χ4v) is 3.32. The highest BCUT2D eigenvalue weighted by molar-refractivity contribution is 7.84. The Morgan fingerprint density at radius 3 is 2.41 bits per heavy atom. The summed E-state index contributed by atoms with van der Waals surface area (Å²) < 4.78 is 43.0. The van der Waals surface area contributed by atoms with Crippen LogP contribution in [0, 0.1) is 11.6 Å². The molecule has 0 saturated heterocycles. The highest BCUT2D eigenvalue weighted by atomic mass is 35.5. The van der Waals surface area contributed by atoms with E-state index in [9.17, 15) is 13.0 Å². The molecule has 0 fully saturated rings. The molecule has 2 nitrogen and oxygen atoms in total. The van der Waals surface area contributed by atoms with Gasteiger partial charge in [-0.1, -0.05) is 17.7 Å². The van der Waals surface area contributed by atoms with Gasteiger partial charge in [-0.25, -0.2) is 8.78 Å². The molecule has 0 bridgehead atoms. The predicted octanol–water partition coefficient (Wildman–Crippen LogP) is 4.34. The normalized spacial score (nSPS) is 12.1. The Bertz CT molecular complexity index is 647. The van der Waals surface area contributed by atoms with E-state index in [1.165, 1.54) is 24.3 Å². The molecule has 0 amide bonds. The largest absolute Gasteiger partial charge is 0.494 e. The summed E-state index contributed by atoms with van der Waals surface area (Å²) in [5.74, 6) is 0.593. The van der Waals surface area contributed by atoms with E-state index in [2.05, 4.69) is 0 Å². The van der Waals surface area contributed by atoms with Crippen LogP contribution < -0.4 is 4.74 Å². The molecule has 22 heavy (non-hydrogen) atoms. The van der Waals surface area contributed by atoms with Gasteiger partial charge in [0, 0.05) is 27.3 Å². The molecule has 0 N–H and O–H groups in total. The third-order valence-corrected chi connectivity index (χ3v) is 4.66. The summed E-state index contributed by atoms with van der Waals surface area (Å²) in [6.45, 7) is 0.397. The minimum absolute atomic E-state index is 0.287. The number of benzene rings is 2. The summed E-state index contributed by atoms with van der Waals surface area (Å²) in [4.78, 5) is 0. The van der Waals surface area contributed by atoms with Crippen molar-refractivity contribution in [2.45, 2.75) is 12.2 Å². The van der Waals surface area contributed by atoms with Crippen molar-refractivity contribution in [3.05, 3.63) is 64.7 Å². The van der Waals surface area contributed by atoms with Crippen molar-refractivity contribution < 1.29 is 17.7 Å². The number of hydrogen-bond acceptors (Lipinski definition) is 2. The second kappa shape index (κ2) is 8.25. The second-order valence-electron chi connectivity index (χ2n) is 4.68. The number of rotatable bonds is 7. The molecule has 0 aliphatic carbocycles. The van der Waals surface area contributed by atoms with Gasteiger partial charge in [-0.05, 0) is 48.4 Å². The Labute approximate surface area is 135 Å². The zero-order valence-corrected chi connectivity index (χ0v) is 13.3. The van der Waals surface area contributed by atoms with E-state index in [-0.39, 0.29) is 16.6 Å². The number of halogens is 3. The summed E-state index contributed by atoms with van der Waals surface area (Å²) in [7, 11) is -1.10. The van der Waals surface area contributed by atoms with Gasteiger partial charge >= 0.3 is 0 Å². The molecule has 6 heteroatoms. The molecular formula is C16H15ClF2O2S. The van der Waals surface area contributed by atoms with Crippen LogP contribution in [0.25, 0.3) is 0 Å². The number of hydrogen-bond donors (Lipinski definition) is 0. The molecular weight excluding hydrogens is 330 g/mol. The monoisotopic (exact) mass is 344 g/mol. The second-order valence-corrected chi connectivity index (χ2v) is 6.66. The lowest BCUT2D eigenvalue weighted by atomic mass is 10.2. The van der Waals surface area contributed by atoms with Crippen LogP contribution in [0.15, 0.2) is 42.5 Å². The number of ether oxygens (including phenoxy) is 1. The van der Waals surface area contributed by atoms with Crippen LogP contribution >= 0.6 is 11.6 Å². The molecule has 0 saturated carbocycles. The third kappa shape index (κ3) is 5.39. The maximum atomic E-state index is 12.9. The zero-order valence-electron chi connectivity index (χ0n) is 11.7. The van der Waals surface area contributed by atoms with Crippen LogP contribution in [-0.2, 0) is 16.6 Å². The summed E-state index contributed by atoms with van der Waals surface area (Å²) in [6, 6.07) is 9.80. The molecule has 0 aliphatic heterocycles. The zero-order chi connectivity index (χ0) is 15.9. The van der Waals surface area contributed by atoms with E-state index in [0.29, 0.717) is 30.1 Å². The molecule has 0 aliphatic rings. The summed E-state index contributed by atoms with van der Waals surface area (Å²) in [5, 5.41) is 0.288. The first-order chi connectivity index (χ1) is 10.5. The van der Waals surface area contributed by atoms with E-state index < -0.39 is 16.6 Å². The van der Waals surface area contributed by atoms with Crippen molar-refractivity contribution in [3.8, 4) is 5.75 Å². The molecule has 2 aromatic rings. The predicted molar refractivity (Wildman–Crippen MR) is 84.6 cm³/mol. The minimum atomic E-state index is -1.10. The highest BCUT2D eigenvalue weighted by Crippen LogP contribution is 2.19. The lowest BCUT2D eigenvalue weighted by Crippen LogP contribution is -2.06. The fraction of sp³-hybridized carbons (Fsp3) is 0.250. The molecule has 0 spiro atoms. The van der Waals surface area contributed by atoms with Crippen molar-refractivity contribution in [2.75, 3.05) is 12.4 Å². The molecule has 1 atom stereocenters. The molecule has 118 valence electrons. The Morgan fingerprint density at radius 1 is 1.05 bits per heavy atom. The fourth-order valence-electron chi connectivity index (χ4n) is 1.83. The summed E-state index contributed by atoms with van der Waals surface area (Å²) in [5.41, 5.74) is 0.667. The van der Waals surface area contributed by atoms with Gasteiger partial charge in [0.05, 0.1) is 6.61 Å². The molecule has 0 radical (unpaired) electrons. The first-order valence-corrected chi connectivity index (χ1v) is 8.58. The van der Waals surface area contributed by atoms with Crippen LogP contribution in [-0.4, -0.2) is 16.6 Å². The first kappa shape index (κ1) is 16.9.